The SMILES string of the molecule is Nc1ccc(Oc2ccc(F)c(Br)c2)c(C(F)F)c1. The molecule has 6 heteroatoms. The van der Waals surface area contributed by atoms with E-state index in [1.807, 2.05) is 0 Å². The van der Waals surface area contributed by atoms with Gasteiger partial charge in [-0.15, -0.1) is 0 Å². The smallest absolute Gasteiger partial charge is 0.267 e. The zero-order chi connectivity index (χ0) is 14.0. The van der Waals surface area contributed by atoms with Crippen molar-refractivity contribution in [3.05, 3.63) is 52.3 Å². The van der Waals surface area contributed by atoms with E-state index in [1.165, 1.54) is 30.3 Å². The third-order valence-corrected chi connectivity index (χ3v) is 3.00. The fourth-order valence-electron chi connectivity index (χ4n) is 1.50. The van der Waals surface area contributed by atoms with Gasteiger partial charge in [0, 0.05) is 5.69 Å². The van der Waals surface area contributed by atoms with E-state index in [-0.39, 0.29) is 27.2 Å². The molecule has 19 heavy (non-hydrogen) atoms. The van der Waals surface area contributed by atoms with Crippen molar-refractivity contribution in [3.63, 3.8) is 0 Å². The van der Waals surface area contributed by atoms with E-state index in [4.69, 9.17) is 10.5 Å². The molecule has 0 unspecified atom stereocenters. The van der Waals surface area contributed by atoms with Gasteiger partial charge < -0.3 is 10.5 Å². The third kappa shape index (κ3) is 3.20. The molecule has 2 N–H and O–H groups in total. The summed E-state index contributed by atoms with van der Waals surface area (Å²) in [7, 11) is 0. The topological polar surface area (TPSA) is 35.2 Å². The van der Waals surface area contributed by atoms with Gasteiger partial charge in [-0.3, -0.25) is 0 Å². The molecule has 2 nitrogen and oxygen atoms in total. The van der Waals surface area contributed by atoms with E-state index in [1.54, 1.807) is 0 Å². The Balaban J connectivity index is 2.35. The minimum absolute atomic E-state index is 0.0114. The number of alkyl halides is 2. The van der Waals surface area contributed by atoms with Crippen molar-refractivity contribution in [3.8, 4) is 11.5 Å². The Kier molecular flexibility index (Phi) is 3.99. The molecular formula is C13H9BrF3NO. The lowest BCUT2D eigenvalue weighted by atomic mass is 10.2. The summed E-state index contributed by atoms with van der Waals surface area (Å²) < 4.78 is 44.3. The Morgan fingerprint density at radius 3 is 2.47 bits per heavy atom. The molecule has 0 heterocycles. The Morgan fingerprint density at radius 1 is 1.11 bits per heavy atom. The average molecular weight is 332 g/mol. The highest BCUT2D eigenvalue weighted by atomic mass is 79.9. The summed E-state index contributed by atoms with van der Waals surface area (Å²) in [5, 5.41) is 0. The van der Waals surface area contributed by atoms with Gasteiger partial charge in [0.2, 0.25) is 0 Å². The number of halogens is 4. The Hall–Kier alpha value is -1.69. The molecule has 2 aromatic carbocycles. The summed E-state index contributed by atoms with van der Waals surface area (Å²) in [5.41, 5.74) is 5.38. The summed E-state index contributed by atoms with van der Waals surface area (Å²) in [6.45, 7) is 0. The van der Waals surface area contributed by atoms with Crippen molar-refractivity contribution in [1.29, 1.82) is 0 Å². The lowest BCUT2D eigenvalue weighted by Gasteiger charge is -2.11. The second-order valence-electron chi connectivity index (χ2n) is 3.78. The van der Waals surface area contributed by atoms with Gasteiger partial charge >= 0.3 is 0 Å². The van der Waals surface area contributed by atoms with Crippen LogP contribution in [0.25, 0.3) is 0 Å². The monoisotopic (exact) mass is 331 g/mol. The molecule has 0 saturated carbocycles. The van der Waals surface area contributed by atoms with Gasteiger partial charge in [0.05, 0.1) is 10.0 Å². The van der Waals surface area contributed by atoms with Crippen LogP contribution in [0.15, 0.2) is 40.9 Å². The zero-order valence-electron chi connectivity index (χ0n) is 9.54. The van der Waals surface area contributed by atoms with Crippen LogP contribution < -0.4 is 10.5 Å². The highest BCUT2D eigenvalue weighted by molar-refractivity contribution is 9.10. The van der Waals surface area contributed by atoms with E-state index in [0.717, 1.165) is 6.07 Å². The molecule has 0 aliphatic heterocycles. The van der Waals surface area contributed by atoms with Gasteiger partial charge in [-0.2, -0.15) is 0 Å². The maximum absolute atomic E-state index is 13.1. The molecule has 100 valence electrons. The predicted molar refractivity (Wildman–Crippen MR) is 70.0 cm³/mol. The van der Waals surface area contributed by atoms with Crippen molar-refractivity contribution >= 4 is 21.6 Å². The number of ether oxygens (including phenoxy) is 1. The molecule has 0 spiro atoms. The number of anilines is 1. The van der Waals surface area contributed by atoms with Crippen molar-refractivity contribution < 1.29 is 17.9 Å². The van der Waals surface area contributed by atoms with Crippen LogP contribution in [0, 0.1) is 5.82 Å². The quantitative estimate of drug-likeness (QED) is 0.812. The molecule has 0 aliphatic rings. The van der Waals surface area contributed by atoms with Crippen LogP contribution in [0.2, 0.25) is 0 Å². The van der Waals surface area contributed by atoms with Crippen LogP contribution >= 0.6 is 15.9 Å². The number of nitrogen functional groups attached to an aromatic ring is 1. The first-order valence-electron chi connectivity index (χ1n) is 5.28. The largest absolute Gasteiger partial charge is 0.457 e. The molecule has 2 aromatic rings. The van der Waals surface area contributed by atoms with Crippen LogP contribution in [0.4, 0.5) is 18.9 Å². The summed E-state index contributed by atoms with van der Waals surface area (Å²) in [6, 6.07) is 7.86. The maximum Gasteiger partial charge on any atom is 0.267 e. The van der Waals surface area contributed by atoms with E-state index in [2.05, 4.69) is 15.9 Å². The van der Waals surface area contributed by atoms with Crippen molar-refractivity contribution in [2.24, 2.45) is 0 Å². The minimum Gasteiger partial charge on any atom is -0.457 e. The van der Waals surface area contributed by atoms with Crippen LogP contribution in [-0.2, 0) is 0 Å². The normalized spacial score (nSPS) is 10.8. The molecule has 0 radical (unpaired) electrons. The summed E-state index contributed by atoms with van der Waals surface area (Å²) in [6.07, 6.45) is -2.71. The summed E-state index contributed by atoms with van der Waals surface area (Å²) in [5.74, 6) is -0.221. The van der Waals surface area contributed by atoms with Crippen LogP contribution in [0.1, 0.15) is 12.0 Å². The van der Waals surface area contributed by atoms with E-state index in [0.29, 0.717) is 0 Å². The van der Waals surface area contributed by atoms with Crippen molar-refractivity contribution in [1.82, 2.24) is 0 Å². The fourth-order valence-corrected chi connectivity index (χ4v) is 1.86. The zero-order valence-corrected chi connectivity index (χ0v) is 11.1. The van der Waals surface area contributed by atoms with Crippen LogP contribution in [-0.4, -0.2) is 0 Å². The Morgan fingerprint density at radius 2 is 1.84 bits per heavy atom. The van der Waals surface area contributed by atoms with E-state index in [9.17, 15) is 13.2 Å². The summed E-state index contributed by atoms with van der Waals surface area (Å²) in [4.78, 5) is 0. The van der Waals surface area contributed by atoms with Crippen LogP contribution in [0.3, 0.4) is 0 Å². The Bertz CT molecular complexity index is 604. The molecular weight excluding hydrogens is 323 g/mol. The van der Waals surface area contributed by atoms with Crippen LogP contribution in [0.5, 0.6) is 11.5 Å². The van der Waals surface area contributed by atoms with E-state index >= 15 is 0 Å². The number of hydrogen-bond acceptors (Lipinski definition) is 2. The number of hydrogen-bond donors (Lipinski definition) is 1. The molecule has 0 fully saturated rings. The predicted octanol–water partition coefficient (Wildman–Crippen LogP) is 4.90. The first kappa shape index (κ1) is 13.7. The van der Waals surface area contributed by atoms with Crippen molar-refractivity contribution in [2.75, 3.05) is 5.73 Å². The standard InChI is InChI=1S/C13H9BrF3NO/c14-10-6-8(2-3-11(10)15)19-12-4-1-7(18)5-9(12)13(16)17/h1-6,13H,18H2. The molecule has 0 aromatic heterocycles. The number of benzene rings is 2. The highest BCUT2D eigenvalue weighted by Gasteiger charge is 2.15. The van der Waals surface area contributed by atoms with Gasteiger partial charge in [0.25, 0.3) is 6.43 Å². The maximum atomic E-state index is 13.1. The minimum atomic E-state index is -2.71. The number of rotatable bonds is 3. The van der Waals surface area contributed by atoms with Gasteiger partial charge in [-0.1, -0.05) is 0 Å². The van der Waals surface area contributed by atoms with Gasteiger partial charge in [0.1, 0.15) is 17.3 Å². The Labute approximate surface area is 116 Å². The lowest BCUT2D eigenvalue weighted by Crippen LogP contribution is -1.95. The molecule has 0 saturated heterocycles. The second kappa shape index (κ2) is 5.52. The van der Waals surface area contributed by atoms with Gasteiger partial charge in [-0.05, 0) is 52.3 Å². The fraction of sp³-hybridized carbons (Fsp3) is 0.0769. The van der Waals surface area contributed by atoms with Gasteiger partial charge in [0.15, 0.2) is 0 Å². The summed E-state index contributed by atoms with van der Waals surface area (Å²) >= 11 is 3.00. The first-order chi connectivity index (χ1) is 8.97. The number of nitrogens with two attached hydrogens (primary N) is 1. The van der Waals surface area contributed by atoms with Crippen molar-refractivity contribution in [2.45, 2.75) is 6.43 Å². The molecule has 0 amide bonds. The van der Waals surface area contributed by atoms with E-state index < -0.39 is 12.2 Å². The molecule has 2 rings (SSSR count). The average Bonchev–Trinajstić information content (AvgIpc) is 2.36. The lowest BCUT2D eigenvalue weighted by molar-refractivity contribution is 0.148. The molecule has 0 bridgehead atoms. The third-order valence-electron chi connectivity index (χ3n) is 2.39. The van der Waals surface area contributed by atoms with Gasteiger partial charge in [-0.25, -0.2) is 13.2 Å². The molecule has 0 aliphatic carbocycles. The second-order valence-corrected chi connectivity index (χ2v) is 4.63. The first-order valence-corrected chi connectivity index (χ1v) is 6.07. The highest BCUT2D eigenvalue weighted by Crippen LogP contribution is 2.34. The molecule has 0 atom stereocenters.